The maximum absolute atomic E-state index is 6.55. The Kier molecular flexibility index (Phi) is 5.92. The van der Waals surface area contributed by atoms with E-state index in [4.69, 9.17) is 30.8 Å². The first kappa shape index (κ1) is 20.0. The first-order chi connectivity index (χ1) is 14.1. The summed E-state index contributed by atoms with van der Waals surface area (Å²) in [6.07, 6.45) is 2.95. The van der Waals surface area contributed by atoms with Crippen LogP contribution in [-0.2, 0) is 6.54 Å². The number of ether oxygens (including phenoxy) is 3. The number of methoxy groups -OCH3 is 1. The third-order valence-corrected chi connectivity index (χ3v) is 6.45. The molecule has 1 unspecified atom stereocenters. The topological polar surface area (TPSA) is 45.5 Å². The van der Waals surface area contributed by atoms with Crippen LogP contribution in [0.2, 0.25) is 5.02 Å². The fraction of sp³-hybridized carbons (Fsp3) is 0.318. The minimum atomic E-state index is 0.233. The second kappa shape index (κ2) is 8.59. The Hall–Kier alpha value is -2.31. The van der Waals surface area contributed by atoms with E-state index in [0.717, 1.165) is 39.2 Å². The van der Waals surface area contributed by atoms with Crippen molar-refractivity contribution in [1.29, 1.82) is 0 Å². The molecule has 1 aliphatic rings. The summed E-state index contributed by atoms with van der Waals surface area (Å²) in [4.78, 5) is 5.86. The summed E-state index contributed by atoms with van der Waals surface area (Å²) in [5.41, 5.74) is 0.982. The predicted octanol–water partition coefficient (Wildman–Crippen LogP) is 5.99. The second-order valence-electron chi connectivity index (χ2n) is 6.92. The van der Waals surface area contributed by atoms with E-state index in [1.807, 2.05) is 30.5 Å². The minimum Gasteiger partial charge on any atom is -0.497 e. The number of halogens is 1. The quantitative estimate of drug-likeness (QED) is 0.461. The monoisotopic (exact) mass is 430 g/mol. The van der Waals surface area contributed by atoms with Gasteiger partial charge in [0.1, 0.15) is 11.6 Å². The molecule has 152 valence electrons. The van der Waals surface area contributed by atoms with Gasteiger partial charge in [-0.15, -0.1) is 0 Å². The predicted molar refractivity (Wildman–Crippen MR) is 115 cm³/mol. The van der Waals surface area contributed by atoms with Gasteiger partial charge in [-0.3, -0.25) is 0 Å². The summed E-state index contributed by atoms with van der Waals surface area (Å²) >= 11 is 8.23. The molecule has 4 rings (SSSR count). The highest BCUT2D eigenvalue weighted by Crippen LogP contribution is 2.38. The van der Waals surface area contributed by atoms with Gasteiger partial charge in [0, 0.05) is 21.9 Å². The molecule has 5 nitrogen and oxygen atoms in total. The Balaban J connectivity index is 1.67. The lowest BCUT2D eigenvalue weighted by atomic mass is 10.1. The standard InChI is InChI=1S/C22H23ClN2O3S/c1-4-14(2)22-24-11-21(29-17-7-5-16(26-3)6-8-17)25(22)12-15-9-19-20(10-18(15)23)28-13-27-19/h5-11,14H,4,12-13H2,1-3H3. The summed E-state index contributed by atoms with van der Waals surface area (Å²) in [5, 5.41) is 1.73. The van der Waals surface area contributed by atoms with Crippen molar-refractivity contribution in [3.63, 3.8) is 0 Å². The molecule has 2 heterocycles. The molecule has 0 saturated carbocycles. The summed E-state index contributed by atoms with van der Waals surface area (Å²) in [5.74, 6) is 3.67. The van der Waals surface area contributed by atoms with Crippen LogP contribution in [0.5, 0.6) is 17.2 Å². The molecule has 0 aliphatic carbocycles. The van der Waals surface area contributed by atoms with Gasteiger partial charge in [-0.1, -0.05) is 37.2 Å². The smallest absolute Gasteiger partial charge is 0.231 e. The van der Waals surface area contributed by atoms with Crippen LogP contribution in [0, 0.1) is 0 Å². The molecule has 0 bridgehead atoms. The largest absolute Gasteiger partial charge is 0.497 e. The number of nitrogens with zero attached hydrogens (tertiary/aromatic N) is 2. The molecular formula is C22H23ClN2O3S. The van der Waals surface area contributed by atoms with E-state index in [1.165, 1.54) is 0 Å². The fourth-order valence-corrected chi connectivity index (χ4v) is 4.31. The van der Waals surface area contributed by atoms with Gasteiger partial charge >= 0.3 is 0 Å². The number of imidazole rings is 1. The molecule has 0 amide bonds. The minimum absolute atomic E-state index is 0.233. The molecule has 1 atom stereocenters. The lowest BCUT2D eigenvalue weighted by Gasteiger charge is -2.16. The lowest BCUT2D eigenvalue weighted by Crippen LogP contribution is -2.09. The van der Waals surface area contributed by atoms with Crippen LogP contribution in [0.4, 0.5) is 0 Å². The van der Waals surface area contributed by atoms with Crippen LogP contribution in [0.1, 0.15) is 37.6 Å². The zero-order valence-electron chi connectivity index (χ0n) is 16.6. The molecule has 1 aromatic heterocycles. The average molecular weight is 431 g/mol. The van der Waals surface area contributed by atoms with Crippen LogP contribution >= 0.6 is 23.4 Å². The van der Waals surface area contributed by atoms with Gasteiger partial charge in [0.15, 0.2) is 11.5 Å². The number of benzene rings is 2. The average Bonchev–Trinajstić information content (AvgIpc) is 3.35. The molecule has 7 heteroatoms. The van der Waals surface area contributed by atoms with Crippen LogP contribution in [-0.4, -0.2) is 23.5 Å². The molecular weight excluding hydrogens is 408 g/mol. The van der Waals surface area contributed by atoms with E-state index in [-0.39, 0.29) is 6.79 Å². The zero-order chi connectivity index (χ0) is 20.4. The third-order valence-electron chi connectivity index (χ3n) is 5.05. The Morgan fingerprint density at radius 1 is 1.21 bits per heavy atom. The number of aromatic nitrogens is 2. The van der Waals surface area contributed by atoms with Gasteiger partial charge in [-0.2, -0.15) is 0 Å². The number of hydrogen-bond donors (Lipinski definition) is 0. The van der Waals surface area contributed by atoms with Gasteiger partial charge < -0.3 is 18.8 Å². The van der Waals surface area contributed by atoms with Crippen molar-refractivity contribution in [1.82, 2.24) is 9.55 Å². The maximum atomic E-state index is 6.55. The Morgan fingerprint density at radius 2 is 1.93 bits per heavy atom. The van der Waals surface area contributed by atoms with Crippen LogP contribution in [0.15, 0.2) is 52.5 Å². The van der Waals surface area contributed by atoms with E-state index < -0.39 is 0 Å². The van der Waals surface area contributed by atoms with Crippen molar-refractivity contribution in [2.75, 3.05) is 13.9 Å². The van der Waals surface area contributed by atoms with Crippen LogP contribution in [0.25, 0.3) is 0 Å². The maximum Gasteiger partial charge on any atom is 0.231 e. The zero-order valence-corrected chi connectivity index (χ0v) is 18.2. The van der Waals surface area contributed by atoms with Gasteiger partial charge in [0.05, 0.1) is 24.9 Å². The molecule has 1 aliphatic heterocycles. The number of rotatable bonds is 7. The van der Waals surface area contributed by atoms with Crippen LogP contribution in [0.3, 0.4) is 0 Å². The van der Waals surface area contributed by atoms with E-state index in [2.05, 4.69) is 30.5 Å². The SMILES string of the molecule is CCC(C)c1ncc(Sc2ccc(OC)cc2)n1Cc1cc2c(cc1Cl)OCO2. The number of hydrogen-bond acceptors (Lipinski definition) is 5. The summed E-state index contributed by atoms with van der Waals surface area (Å²) in [6, 6.07) is 11.8. The summed E-state index contributed by atoms with van der Waals surface area (Å²) in [7, 11) is 1.67. The first-order valence-electron chi connectivity index (χ1n) is 9.54. The van der Waals surface area contributed by atoms with Gasteiger partial charge in [-0.25, -0.2) is 4.98 Å². The lowest BCUT2D eigenvalue weighted by molar-refractivity contribution is 0.174. The molecule has 0 fully saturated rings. The summed E-state index contributed by atoms with van der Waals surface area (Å²) in [6.45, 7) is 5.22. The van der Waals surface area contributed by atoms with E-state index in [9.17, 15) is 0 Å². The van der Waals surface area contributed by atoms with Crippen molar-refractivity contribution < 1.29 is 14.2 Å². The van der Waals surface area contributed by atoms with Gasteiger partial charge in [0.2, 0.25) is 6.79 Å². The fourth-order valence-electron chi connectivity index (χ4n) is 3.21. The highest BCUT2D eigenvalue weighted by molar-refractivity contribution is 7.99. The van der Waals surface area contributed by atoms with Crippen molar-refractivity contribution in [2.24, 2.45) is 0 Å². The molecule has 2 aromatic carbocycles. The Labute approximate surface area is 180 Å². The molecule has 0 spiro atoms. The Bertz CT molecular complexity index is 1000. The molecule has 0 N–H and O–H groups in total. The highest BCUT2D eigenvalue weighted by atomic mass is 35.5. The normalized spacial score (nSPS) is 13.5. The molecule has 29 heavy (non-hydrogen) atoms. The highest BCUT2D eigenvalue weighted by Gasteiger charge is 2.20. The van der Waals surface area contributed by atoms with Crippen molar-refractivity contribution >= 4 is 23.4 Å². The van der Waals surface area contributed by atoms with Crippen LogP contribution < -0.4 is 14.2 Å². The van der Waals surface area contributed by atoms with Crippen molar-refractivity contribution in [3.8, 4) is 17.2 Å². The Morgan fingerprint density at radius 3 is 2.62 bits per heavy atom. The summed E-state index contributed by atoms with van der Waals surface area (Å²) < 4.78 is 18.5. The third kappa shape index (κ3) is 4.19. The van der Waals surface area contributed by atoms with Gasteiger partial charge in [0.25, 0.3) is 0 Å². The van der Waals surface area contributed by atoms with E-state index in [0.29, 0.717) is 23.2 Å². The molecule has 0 radical (unpaired) electrons. The second-order valence-corrected chi connectivity index (χ2v) is 8.43. The molecule has 3 aromatic rings. The molecule has 0 saturated heterocycles. The number of fused-ring (bicyclic) bond motifs is 1. The first-order valence-corrected chi connectivity index (χ1v) is 10.7. The van der Waals surface area contributed by atoms with E-state index in [1.54, 1.807) is 18.9 Å². The van der Waals surface area contributed by atoms with Gasteiger partial charge in [-0.05, 0) is 42.3 Å². The van der Waals surface area contributed by atoms with E-state index >= 15 is 0 Å². The van der Waals surface area contributed by atoms with Crippen molar-refractivity contribution in [2.45, 2.75) is 42.7 Å². The van der Waals surface area contributed by atoms with Crippen molar-refractivity contribution in [3.05, 3.63) is 59.0 Å².